The Kier molecular flexibility index (Phi) is 4.95. The number of ether oxygens (including phenoxy) is 2. The molecule has 1 aromatic heterocycles. The number of rotatable bonds is 5. The first-order valence-corrected chi connectivity index (χ1v) is 6.84. The van der Waals surface area contributed by atoms with E-state index in [-0.39, 0.29) is 5.91 Å². The molecule has 0 aliphatic rings. The number of carbonyl (C=O) groups is 1. The van der Waals surface area contributed by atoms with Crippen LogP contribution in [0.2, 0.25) is 0 Å². The van der Waals surface area contributed by atoms with Crippen LogP contribution in [0, 0.1) is 6.92 Å². The van der Waals surface area contributed by atoms with E-state index in [1.165, 1.54) is 6.20 Å². The first-order valence-electron chi connectivity index (χ1n) is 6.84. The van der Waals surface area contributed by atoms with Crippen LogP contribution < -0.4 is 20.5 Å². The zero-order valence-electron chi connectivity index (χ0n) is 12.8. The molecule has 0 radical (unpaired) electrons. The molecule has 0 unspecified atom stereocenters. The quantitative estimate of drug-likeness (QED) is 0.886. The molecule has 0 aliphatic carbocycles. The molecule has 1 aromatic carbocycles. The fourth-order valence-corrected chi connectivity index (χ4v) is 1.70. The van der Waals surface area contributed by atoms with Crippen LogP contribution in [0.25, 0.3) is 0 Å². The molecule has 6 heteroatoms. The van der Waals surface area contributed by atoms with Gasteiger partial charge >= 0.3 is 0 Å². The van der Waals surface area contributed by atoms with Crippen LogP contribution in [0.1, 0.15) is 12.5 Å². The summed E-state index contributed by atoms with van der Waals surface area (Å²) in [5.74, 6) is 1.54. The molecule has 6 nitrogen and oxygen atoms in total. The minimum absolute atomic E-state index is 0.265. The number of anilines is 1. The Morgan fingerprint density at radius 2 is 2.09 bits per heavy atom. The van der Waals surface area contributed by atoms with Crippen molar-refractivity contribution < 1.29 is 14.3 Å². The highest BCUT2D eigenvalue weighted by atomic mass is 16.5. The predicted octanol–water partition coefficient (Wildman–Crippen LogP) is 2.48. The van der Waals surface area contributed by atoms with Crippen molar-refractivity contribution in [3.05, 3.63) is 42.1 Å². The van der Waals surface area contributed by atoms with Gasteiger partial charge in [-0.15, -0.1) is 0 Å². The largest absolute Gasteiger partial charge is 0.497 e. The number of aryl methyl sites for hydroxylation is 1. The highest BCUT2D eigenvalue weighted by molar-refractivity contribution is 5.94. The van der Waals surface area contributed by atoms with Gasteiger partial charge in [0.15, 0.2) is 0 Å². The van der Waals surface area contributed by atoms with Crippen LogP contribution in [0.3, 0.4) is 0 Å². The number of aromatic nitrogens is 1. The first kappa shape index (κ1) is 15.8. The van der Waals surface area contributed by atoms with Crippen LogP contribution in [0.5, 0.6) is 17.4 Å². The molecule has 1 amide bonds. The average molecular weight is 301 g/mol. The Bertz CT molecular complexity index is 654. The van der Waals surface area contributed by atoms with E-state index >= 15 is 0 Å². The molecule has 0 bridgehead atoms. The lowest BCUT2D eigenvalue weighted by Crippen LogP contribution is -2.32. The van der Waals surface area contributed by atoms with Crippen molar-refractivity contribution in [1.29, 1.82) is 0 Å². The number of methoxy groups -OCH3 is 1. The van der Waals surface area contributed by atoms with Crippen molar-refractivity contribution in [3.8, 4) is 17.4 Å². The van der Waals surface area contributed by atoms with E-state index < -0.39 is 6.04 Å². The highest BCUT2D eigenvalue weighted by Crippen LogP contribution is 2.28. The highest BCUT2D eigenvalue weighted by Gasteiger charge is 2.08. The summed E-state index contributed by atoms with van der Waals surface area (Å²) in [5.41, 5.74) is 7.03. The van der Waals surface area contributed by atoms with Crippen molar-refractivity contribution in [2.45, 2.75) is 19.9 Å². The fourth-order valence-electron chi connectivity index (χ4n) is 1.70. The first-order chi connectivity index (χ1) is 10.5. The summed E-state index contributed by atoms with van der Waals surface area (Å²) in [6.07, 6.45) is 1.52. The fraction of sp³-hybridized carbons (Fsp3) is 0.250. The summed E-state index contributed by atoms with van der Waals surface area (Å²) < 4.78 is 10.9. The van der Waals surface area contributed by atoms with E-state index in [0.717, 1.165) is 5.56 Å². The van der Waals surface area contributed by atoms with Crippen LogP contribution in [0.4, 0.5) is 5.69 Å². The number of hydrogen-bond donors (Lipinski definition) is 2. The summed E-state index contributed by atoms with van der Waals surface area (Å²) in [4.78, 5) is 15.7. The third kappa shape index (κ3) is 3.95. The van der Waals surface area contributed by atoms with Gasteiger partial charge in [0, 0.05) is 12.1 Å². The summed E-state index contributed by atoms with van der Waals surface area (Å²) in [7, 11) is 1.60. The van der Waals surface area contributed by atoms with Gasteiger partial charge < -0.3 is 20.5 Å². The van der Waals surface area contributed by atoms with E-state index in [1.54, 1.807) is 32.2 Å². The zero-order valence-corrected chi connectivity index (χ0v) is 12.8. The maximum Gasteiger partial charge on any atom is 0.241 e. The molecule has 2 aromatic rings. The van der Waals surface area contributed by atoms with Gasteiger partial charge in [0.05, 0.1) is 25.0 Å². The lowest BCUT2D eigenvalue weighted by molar-refractivity contribution is -0.117. The van der Waals surface area contributed by atoms with Gasteiger partial charge in [-0.2, -0.15) is 0 Å². The molecule has 0 spiro atoms. The number of nitrogens with zero attached hydrogens (tertiary/aromatic N) is 1. The summed E-state index contributed by atoms with van der Waals surface area (Å²) in [6.45, 7) is 3.55. The third-order valence-corrected chi connectivity index (χ3v) is 3.03. The number of pyridine rings is 1. The van der Waals surface area contributed by atoms with E-state index in [1.807, 2.05) is 19.1 Å². The predicted molar refractivity (Wildman–Crippen MR) is 84.3 cm³/mol. The Morgan fingerprint density at radius 3 is 2.68 bits per heavy atom. The van der Waals surface area contributed by atoms with Gasteiger partial charge in [0.1, 0.15) is 11.5 Å². The van der Waals surface area contributed by atoms with Gasteiger partial charge in [-0.1, -0.05) is 6.07 Å². The number of amides is 1. The molecule has 0 saturated carbocycles. The maximum absolute atomic E-state index is 11.5. The Balaban J connectivity index is 2.10. The van der Waals surface area contributed by atoms with Gasteiger partial charge in [0.25, 0.3) is 0 Å². The molecular formula is C16H19N3O3. The zero-order chi connectivity index (χ0) is 16.1. The van der Waals surface area contributed by atoms with Crippen molar-refractivity contribution in [2.24, 2.45) is 5.73 Å². The molecule has 116 valence electrons. The monoisotopic (exact) mass is 301 g/mol. The second-order valence-corrected chi connectivity index (χ2v) is 4.90. The topological polar surface area (TPSA) is 86.5 Å². The van der Waals surface area contributed by atoms with Gasteiger partial charge in [-0.05, 0) is 31.5 Å². The lowest BCUT2D eigenvalue weighted by Gasteiger charge is -2.11. The van der Waals surface area contributed by atoms with Crippen molar-refractivity contribution >= 4 is 11.6 Å². The molecule has 2 rings (SSSR count). The molecular weight excluding hydrogens is 282 g/mol. The minimum atomic E-state index is -0.574. The molecule has 1 atom stereocenters. The molecule has 22 heavy (non-hydrogen) atoms. The summed E-state index contributed by atoms with van der Waals surface area (Å²) >= 11 is 0. The lowest BCUT2D eigenvalue weighted by atomic mass is 10.2. The number of nitrogens with one attached hydrogen (secondary N) is 1. The smallest absolute Gasteiger partial charge is 0.241 e. The second kappa shape index (κ2) is 6.91. The van der Waals surface area contributed by atoms with Crippen molar-refractivity contribution in [3.63, 3.8) is 0 Å². The Morgan fingerprint density at radius 1 is 1.32 bits per heavy atom. The van der Waals surface area contributed by atoms with Crippen molar-refractivity contribution in [1.82, 2.24) is 4.98 Å². The second-order valence-electron chi connectivity index (χ2n) is 4.90. The number of hydrogen-bond acceptors (Lipinski definition) is 5. The van der Waals surface area contributed by atoms with E-state index in [4.69, 9.17) is 15.2 Å². The van der Waals surface area contributed by atoms with Crippen LogP contribution in [0.15, 0.2) is 36.5 Å². The Labute approximate surface area is 129 Å². The van der Waals surface area contributed by atoms with Crippen LogP contribution in [-0.2, 0) is 4.79 Å². The van der Waals surface area contributed by atoms with Crippen molar-refractivity contribution in [2.75, 3.05) is 12.4 Å². The molecule has 3 N–H and O–H groups in total. The summed E-state index contributed by atoms with van der Waals surface area (Å²) in [5, 5.41) is 2.66. The SMILES string of the molecule is COc1ccc(C)c(Oc2ccc(NC(=O)[C@@H](C)N)cn2)c1. The Hall–Kier alpha value is -2.60. The normalized spacial score (nSPS) is 11.6. The van der Waals surface area contributed by atoms with Crippen LogP contribution in [-0.4, -0.2) is 24.0 Å². The molecule has 1 heterocycles. The minimum Gasteiger partial charge on any atom is -0.497 e. The summed E-state index contributed by atoms with van der Waals surface area (Å²) in [6, 6.07) is 8.37. The van der Waals surface area contributed by atoms with Gasteiger partial charge in [-0.3, -0.25) is 4.79 Å². The van der Waals surface area contributed by atoms with Crippen LogP contribution >= 0.6 is 0 Å². The molecule has 0 aliphatic heterocycles. The number of carbonyl (C=O) groups excluding carboxylic acids is 1. The number of benzene rings is 1. The third-order valence-electron chi connectivity index (χ3n) is 3.03. The maximum atomic E-state index is 11.5. The molecule has 0 saturated heterocycles. The van der Waals surface area contributed by atoms with E-state index in [2.05, 4.69) is 10.3 Å². The number of nitrogens with two attached hydrogens (primary N) is 1. The molecule has 0 fully saturated rings. The standard InChI is InChI=1S/C16H19N3O3/c1-10-4-6-13(21-3)8-14(10)22-15-7-5-12(9-18-15)19-16(20)11(2)17/h4-9,11H,17H2,1-3H3,(H,19,20)/t11-/m1/s1. The van der Waals surface area contributed by atoms with E-state index in [0.29, 0.717) is 23.1 Å². The average Bonchev–Trinajstić information content (AvgIpc) is 2.51. The van der Waals surface area contributed by atoms with Gasteiger partial charge in [-0.25, -0.2) is 4.98 Å². The van der Waals surface area contributed by atoms with Gasteiger partial charge in [0.2, 0.25) is 11.8 Å². The van der Waals surface area contributed by atoms with E-state index in [9.17, 15) is 4.79 Å².